The van der Waals surface area contributed by atoms with Gasteiger partial charge in [-0.15, -0.1) is 12.4 Å². The van der Waals surface area contributed by atoms with Crippen molar-refractivity contribution in [3.8, 4) is 0 Å². The minimum absolute atomic E-state index is 0. The van der Waals surface area contributed by atoms with E-state index in [4.69, 9.17) is 4.84 Å². The van der Waals surface area contributed by atoms with Gasteiger partial charge in [0.2, 0.25) is 0 Å². The van der Waals surface area contributed by atoms with E-state index < -0.39 is 0 Å². The van der Waals surface area contributed by atoms with Crippen LogP contribution in [-0.2, 0) is 4.84 Å². The van der Waals surface area contributed by atoms with Crippen molar-refractivity contribution in [3.63, 3.8) is 0 Å². The van der Waals surface area contributed by atoms with Crippen LogP contribution in [0.5, 0.6) is 0 Å². The highest BCUT2D eigenvalue weighted by Gasteiger charge is 2.42. The second-order valence-corrected chi connectivity index (χ2v) is 5.22. The maximum atomic E-state index is 5.04. The molecule has 1 aliphatic carbocycles. The number of fused-ring (bicyclic) bond motifs is 3. The molecule has 92 valence electrons. The predicted octanol–water partition coefficient (Wildman–Crippen LogP) is 2.16. The van der Waals surface area contributed by atoms with Crippen LogP contribution in [0, 0.1) is 17.8 Å². The molecule has 0 aromatic rings. The quantitative estimate of drug-likeness (QED) is 0.562. The highest BCUT2D eigenvalue weighted by molar-refractivity contribution is 5.91. The van der Waals surface area contributed by atoms with E-state index in [0.29, 0.717) is 5.92 Å². The van der Waals surface area contributed by atoms with E-state index in [-0.39, 0.29) is 12.4 Å². The van der Waals surface area contributed by atoms with Crippen molar-refractivity contribution in [2.45, 2.75) is 25.7 Å². The first kappa shape index (κ1) is 12.2. The summed E-state index contributed by atoms with van der Waals surface area (Å²) in [5, 5.41) is 4.32. The van der Waals surface area contributed by atoms with Crippen LogP contribution in [0.15, 0.2) is 5.16 Å². The topological polar surface area (TPSA) is 24.8 Å². The second kappa shape index (κ2) is 4.92. The molecule has 3 aliphatic heterocycles. The minimum Gasteiger partial charge on any atom is -0.399 e. The maximum absolute atomic E-state index is 5.04. The zero-order chi connectivity index (χ0) is 10.3. The molecule has 0 spiro atoms. The maximum Gasteiger partial charge on any atom is 0.106 e. The Kier molecular flexibility index (Phi) is 3.75. The number of nitrogens with zero attached hydrogens (tertiary/aromatic N) is 2. The summed E-state index contributed by atoms with van der Waals surface area (Å²) >= 11 is 0. The number of rotatable bonds is 3. The summed E-state index contributed by atoms with van der Waals surface area (Å²) < 4.78 is 0. The SMILES string of the molecule is CON=C(C1CC1)C1CN2CCC1CC2.Cl. The average Bonchev–Trinajstić information content (AvgIpc) is 3.11. The summed E-state index contributed by atoms with van der Waals surface area (Å²) in [6, 6.07) is 0. The molecule has 4 rings (SSSR count). The lowest BCUT2D eigenvalue weighted by Crippen LogP contribution is -2.50. The van der Waals surface area contributed by atoms with E-state index in [1.54, 1.807) is 7.11 Å². The minimum atomic E-state index is 0. The monoisotopic (exact) mass is 244 g/mol. The van der Waals surface area contributed by atoms with E-state index in [1.807, 2.05) is 0 Å². The van der Waals surface area contributed by atoms with E-state index in [1.165, 1.54) is 51.0 Å². The molecule has 0 N–H and O–H groups in total. The van der Waals surface area contributed by atoms with Gasteiger partial charge in [0.05, 0.1) is 5.71 Å². The van der Waals surface area contributed by atoms with Crippen molar-refractivity contribution in [2.75, 3.05) is 26.7 Å². The van der Waals surface area contributed by atoms with Gasteiger partial charge in [-0.05, 0) is 44.7 Å². The molecule has 0 radical (unpaired) electrons. The molecule has 0 amide bonds. The van der Waals surface area contributed by atoms with Crippen molar-refractivity contribution < 1.29 is 4.84 Å². The van der Waals surface area contributed by atoms with Gasteiger partial charge < -0.3 is 9.74 Å². The Hall–Kier alpha value is -0.280. The van der Waals surface area contributed by atoms with E-state index in [9.17, 15) is 0 Å². The van der Waals surface area contributed by atoms with Gasteiger partial charge in [0, 0.05) is 18.4 Å². The molecule has 16 heavy (non-hydrogen) atoms. The molecular weight excluding hydrogens is 224 g/mol. The van der Waals surface area contributed by atoms with Crippen molar-refractivity contribution in [1.29, 1.82) is 0 Å². The smallest absolute Gasteiger partial charge is 0.106 e. The first-order valence-corrected chi connectivity index (χ1v) is 6.22. The molecule has 3 saturated heterocycles. The standard InChI is InChI=1S/C12H20N2O.ClH/c1-15-13-12(10-2-3-10)11-8-14-6-4-9(11)5-7-14;/h9-11H,2-8H2,1H3;1H. The van der Waals surface area contributed by atoms with Crippen molar-refractivity contribution in [3.05, 3.63) is 0 Å². The van der Waals surface area contributed by atoms with Gasteiger partial charge in [0.1, 0.15) is 7.11 Å². The van der Waals surface area contributed by atoms with Crippen LogP contribution in [0.3, 0.4) is 0 Å². The molecule has 0 aromatic carbocycles. The lowest BCUT2D eigenvalue weighted by atomic mass is 9.75. The molecule has 1 unspecified atom stereocenters. The highest BCUT2D eigenvalue weighted by Crippen LogP contribution is 2.41. The summed E-state index contributed by atoms with van der Waals surface area (Å²) in [5.41, 5.74) is 1.38. The highest BCUT2D eigenvalue weighted by atomic mass is 35.5. The molecular formula is C12H21ClN2O. The first-order valence-electron chi connectivity index (χ1n) is 6.22. The van der Waals surface area contributed by atoms with Gasteiger partial charge in [-0.3, -0.25) is 0 Å². The van der Waals surface area contributed by atoms with Crippen LogP contribution in [-0.4, -0.2) is 37.4 Å². The molecule has 4 heteroatoms. The van der Waals surface area contributed by atoms with Gasteiger partial charge in [0.15, 0.2) is 0 Å². The van der Waals surface area contributed by atoms with Crippen molar-refractivity contribution >= 4 is 18.1 Å². The van der Waals surface area contributed by atoms with Crippen LogP contribution < -0.4 is 0 Å². The summed E-state index contributed by atoms with van der Waals surface area (Å²) in [4.78, 5) is 7.63. The van der Waals surface area contributed by atoms with E-state index in [0.717, 1.165) is 11.8 Å². The third-order valence-corrected chi connectivity index (χ3v) is 4.23. The Morgan fingerprint density at radius 3 is 2.31 bits per heavy atom. The summed E-state index contributed by atoms with van der Waals surface area (Å²) in [6.45, 7) is 3.86. The number of hydrogen-bond donors (Lipinski definition) is 0. The van der Waals surface area contributed by atoms with Gasteiger partial charge in [-0.25, -0.2) is 0 Å². The zero-order valence-corrected chi connectivity index (χ0v) is 10.7. The normalized spacial score (nSPS) is 38.1. The fourth-order valence-electron chi connectivity index (χ4n) is 3.23. The molecule has 2 bridgehead atoms. The molecule has 1 saturated carbocycles. The lowest BCUT2D eigenvalue weighted by Gasteiger charge is -2.45. The molecule has 3 heterocycles. The third kappa shape index (κ3) is 2.21. The fraction of sp³-hybridized carbons (Fsp3) is 0.917. The summed E-state index contributed by atoms with van der Waals surface area (Å²) in [7, 11) is 1.68. The molecule has 4 fully saturated rings. The largest absolute Gasteiger partial charge is 0.399 e. The zero-order valence-electron chi connectivity index (χ0n) is 9.89. The van der Waals surface area contributed by atoms with Gasteiger partial charge in [0.25, 0.3) is 0 Å². The van der Waals surface area contributed by atoms with Crippen molar-refractivity contribution in [1.82, 2.24) is 4.90 Å². The Morgan fingerprint density at radius 2 is 1.88 bits per heavy atom. The fourth-order valence-corrected chi connectivity index (χ4v) is 3.23. The van der Waals surface area contributed by atoms with Crippen molar-refractivity contribution in [2.24, 2.45) is 22.9 Å². The molecule has 3 nitrogen and oxygen atoms in total. The summed E-state index contributed by atoms with van der Waals surface area (Å²) in [5.74, 6) is 2.36. The molecule has 1 atom stereocenters. The molecule has 0 aromatic heterocycles. The average molecular weight is 245 g/mol. The Morgan fingerprint density at radius 1 is 1.19 bits per heavy atom. The van der Waals surface area contributed by atoms with Gasteiger partial charge >= 0.3 is 0 Å². The van der Waals surface area contributed by atoms with Gasteiger partial charge in [-0.2, -0.15) is 0 Å². The Labute approximate surface area is 104 Å². The lowest BCUT2D eigenvalue weighted by molar-refractivity contribution is 0.0779. The molecule has 4 aliphatic rings. The van der Waals surface area contributed by atoms with E-state index >= 15 is 0 Å². The van der Waals surface area contributed by atoms with Crippen LogP contribution >= 0.6 is 12.4 Å². The van der Waals surface area contributed by atoms with Crippen LogP contribution in [0.4, 0.5) is 0 Å². The Balaban J connectivity index is 0.000000963. The van der Waals surface area contributed by atoms with Crippen LogP contribution in [0.1, 0.15) is 25.7 Å². The van der Waals surface area contributed by atoms with Gasteiger partial charge in [-0.1, -0.05) is 5.16 Å². The number of hydrogen-bond acceptors (Lipinski definition) is 3. The second-order valence-electron chi connectivity index (χ2n) is 5.22. The number of piperidine rings is 3. The van der Waals surface area contributed by atoms with Crippen LogP contribution in [0.2, 0.25) is 0 Å². The Bertz CT molecular complexity index is 270. The number of oxime groups is 1. The first-order chi connectivity index (χ1) is 7.38. The number of halogens is 1. The third-order valence-electron chi connectivity index (χ3n) is 4.23. The summed E-state index contributed by atoms with van der Waals surface area (Å²) in [6.07, 6.45) is 5.43. The van der Waals surface area contributed by atoms with E-state index in [2.05, 4.69) is 10.1 Å². The predicted molar refractivity (Wildman–Crippen MR) is 67.1 cm³/mol. The van der Waals surface area contributed by atoms with Crippen LogP contribution in [0.25, 0.3) is 0 Å².